The Balaban J connectivity index is 2.98. The van der Waals surface area contributed by atoms with Crippen LogP contribution < -0.4 is 5.56 Å². The third-order valence-corrected chi connectivity index (χ3v) is 1.78. The molecular formula is C6H4F3IN2O. The number of alkyl halides is 3. The van der Waals surface area contributed by atoms with Crippen LogP contribution in [0.2, 0.25) is 0 Å². The first-order valence-corrected chi connectivity index (χ1v) is 4.27. The van der Waals surface area contributed by atoms with Crippen molar-refractivity contribution in [2.24, 2.45) is 0 Å². The number of H-pyrrole nitrogens is 1. The first kappa shape index (κ1) is 10.5. The van der Waals surface area contributed by atoms with Crippen LogP contribution in [0.4, 0.5) is 13.2 Å². The number of aromatic amines is 1. The highest BCUT2D eigenvalue weighted by atomic mass is 127. The van der Waals surface area contributed by atoms with E-state index in [0.29, 0.717) is 0 Å². The number of hydrogen-bond acceptors (Lipinski definition) is 2. The first-order valence-electron chi connectivity index (χ1n) is 3.19. The summed E-state index contributed by atoms with van der Waals surface area (Å²) in [6.07, 6.45) is -4.68. The van der Waals surface area contributed by atoms with Gasteiger partial charge in [0.05, 0.1) is 6.42 Å². The lowest BCUT2D eigenvalue weighted by Crippen LogP contribution is -2.21. The number of halogens is 4. The molecule has 0 saturated heterocycles. The standard InChI is InChI=1S/C6H4F3IN2O/c7-6(8,9)1-3-2-11-5(10)12-4(3)13/h2H,1H2,(H,11,12,13). The van der Waals surface area contributed by atoms with Crippen molar-refractivity contribution in [3.05, 3.63) is 25.9 Å². The Hall–Kier alpha value is -0.600. The number of rotatable bonds is 1. The van der Waals surface area contributed by atoms with Gasteiger partial charge < -0.3 is 4.98 Å². The monoisotopic (exact) mass is 304 g/mol. The van der Waals surface area contributed by atoms with Gasteiger partial charge in [0.25, 0.3) is 5.56 Å². The van der Waals surface area contributed by atoms with Crippen LogP contribution >= 0.6 is 22.6 Å². The molecule has 3 nitrogen and oxygen atoms in total. The van der Waals surface area contributed by atoms with E-state index in [1.54, 1.807) is 22.6 Å². The highest BCUT2D eigenvalue weighted by Gasteiger charge is 2.29. The van der Waals surface area contributed by atoms with Gasteiger partial charge in [-0.2, -0.15) is 13.2 Å². The Kier molecular flexibility index (Phi) is 2.94. The summed E-state index contributed by atoms with van der Waals surface area (Å²) >= 11 is 1.71. The van der Waals surface area contributed by atoms with Gasteiger partial charge in [-0.05, 0) is 22.6 Å². The first-order chi connectivity index (χ1) is 5.88. The molecule has 1 aromatic heterocycles. The van der Waals surface area contributed by atoms with E-state index in [1.165, 1.54) is 0 Å². The Morgan fingerprint density at radius 3 is 2.62 bits per heavy atom. The summed E-state index contributed by atoms with van der Waals surface area (Å²) in [5.74, 6) is 0. The Bertz CT molecular complexity index is 360. The normalized spacial score (nSPS) is 11.7. The van der Waals surface area contributed by atoms with Crippen molar-refractivity contribution in [1.29, 1.82) is 0 Å². The molecule has 7 heteroatoms. The molecule has 0 aliphatic heterocycles. The molecule has 0 aliphatic rings. The van der Waals surface area contributed by atoms with E-state index in [2.05, 4.69) is 9.97 Å². The van der Waals surface area contributed by atoms with Crippen LogP contribution in [0.3, 0.4) is 0 Å². The van der Waals surface area contributed by atoms with E-state index >= 15 is 0 Å². The Labute approximate surface area is 84.5 Å². The molecule has 1 rings (SSSR count). The number of nitrogens with zero attached hydrogens (tertiary/aromatic N) is 1. The molecule has 0 amide bonds. The lowest BCUT2D eigenvalue weighted by atomic mass is 10.2. The van der Waals surface area contributed by atoms with Crippen LogP contribution in [0, 0.1) is 3.83 Å². The molecule has 1 heterocycles. The number of aromatic nitrogens is 2. The second-order valence-corrected chi connectivity index (χ2v) is 3.34. The van der Waals surface area contributed by atoms with Crippen LogP contribution in [-0.2, 0) is 6.42 Å². The van der Waals surface area contributed by atoms with Gasteiger partial charge in [0.2, 0.25) is 0 Å². The molecule has 0 aromatic carbocycles. The van der Waals surface area contributed by atoms with Gasteiger partial charge in [0.1, 0.15) is 0 Å². The van der Waals surface area contributed by atoms with Gasteiger partial charge in [-0.25, -0.2) is 4.98 Å². The summed E-state index contributed by atoms with van der Waals surface area (Å²) in [6.45, 7) is 0. The number of hydrogen-bond donors (Lipinski definition) is 1. The molecule has 0 fully saturated rings. The molecule has 72 valence electrons. The van der Waals surface area contributed by atoms with Gasteiger partial charge in [-0.3, -0.25) is 4.79 Å². The fourth-order valence-corrected chi connectivity index (χ4v) is 1.13. The smallest absolute Gasteiger partial charge is 0.302 e. The molecular weight excluding hydrogens is 300 g/mol. The van der Waals surface area contributed by atoms with Crippen molar-refractivity contribution in [2.45, 2.75) is 12.6 Å². The fourth-order valence-electron chi connectivity index (χ4n) is 0.741. The van der Waals surface area contributed by atoms with Crippen molar-refractivity contribution >= 4 is 22.6 Å². The van der Waals surface area contributed by atoms with Crippen molar-refractivity contribution < 1.29 is 13.2 Å². The average Bonchev–Trinajstić information content (AvgIpc) is 1.93. The summed E-state index contributed by atoms with van der Waals surface area (Å²) in [4.78, 5) is 16.7. The van der Waals surface area contributed by atoms with E-state index in [0.717, 1.165) is 6.20 Å². The Morgan fingerprint density at radius 2 is 2.15 bits per heavy atom. The van der Waals surface area contributed by atoms with E-state index in [1.807, 2.05) is 0 Å². The topological polar surface area (TPSA) is 45.8 Å². The zero-order valence-corrected chi connectivity index (χ0v) is 8.31. The maximum atomic E-state index is 11.8. The summed E-state index contributed by atoms with van der Waals surface area (Å²) in [5.41, 5.74) is -1.11. The predicted octanol–water partition coefficient (Wildman–Crippen LogP) is 1.48. The van der Waals surface area contributed by atoms with E-state index < -0.39 is 18.2 Å². The van der Waals surface area contributed by atoms with Gasteiger partial charge in [-0.1, -0.05) is 0 Å². The molecule has 0 saturated carbocycles. The zero-order chi connectivity index (χ0) is 10.1. The molecule has 0 spiro atoms. The van der Waals surface area contributed by atoms with E-state index in [4.69, 9.17) is 0 Å². The molecule has 0 bridgehead atoms. The highest BCUT2D eigenvalue weighted by molar-refractivity contribution is 14.1. The van der Waals surface area contributed by atoms with Gasteiger partial charge in [0, 0.05) is 11.8 Å². The van der Waals surface area contributed by atoms with Gasteiger partial charge in [-0.15, -0.1) is 0 Å². The number of nitrogens with one attached hydrogen (secondary N) is 1. The van der Waals surface area contributed by atoms with Crippen LogP contribution in [-0.4, -0.2) is 16.1 Å². The van der Waals surface area contributed by atoms with Crippen molar-refractivity contribution in [3.8, 4) is 0 Å². The average molecular weight is 304 g/mol. The second kappa shape index (κ2) is 3.64. The zero-order valence-electron chi connectivity index (χ0n) is 6.15. The van der Waals surface area contributed by atoms with Crippen LogP contribution in [0.1, 0.15) is 5.56 Å². The summed E-state index contributed by atoms with van der Waals surface area (Å²) < 4.78 is 35.8. The predicted molar refractivity (Wildman–Crippen MR) is 47.3 cm³/mol. The van der Waals surface area contributed by atoms with Crippen molar-refractivity contribution in [1.82, 2.24) is 9.97 Å². The molecule has 0 unspecified atom stereocenters. The van der Waals surface area contributed by atoms with Crippen molar-refractivity contribution in [3.63, 3.8) is 0 Å². The maximum Gasteiger partial charge on any atom is 0.393 e. The van der Waals surface area contributed by atoms with Crippen molar-refractivity contribution in [2.75, 3.05) is 0 Å². The van der Waals surface area contributed by atoms with Gasteiger partial charge >= 0.3 is 6.18 Å². The van der Waals surface area contributed by atoms with Crippen LogP contribution in [0.25, 0.3) is 0 Å². The lowest BCUT2D eigenvalue weighted by molar-refractivity contribution is -0.127. The summed E-state index contributed by atoms with van der Waals surface area (Å²) in [6, 6.07) is 0. The third kappa shape index (κ3) is 3.33. The molecule has 0 aliphatic carbocycles. The largest absolute Gasteiger partial charge is 0.393 e. The fraction of sp³-hybridized carbons (Fsp3) is 0.333. The van der Waals surface area contributed by atoms with Gasteiger partial charge in [0.15, 0.2) is 3.83 Å². The SMILES string of the molecule is O=c1[nH]c(I)ncc1CC(F)(F)F. The molecule has 0 atom stereocenters. The second-order valence-electron chi connectivity index (χ2n) is 2.32. The molecule has 1 aromatic rings. The lowest BCUT2D eigenvalue weighted by Gasteiger charge is -2.04. The van der Waals surface area contributed by atoms with Crippen LogP contribution in [0.5, 0.6) is 0 Å². The minimum absolute atomic E-state index is 0.272. The molecule has 0 radical (unpaired) electrons. The molecule has 13 heavy (non-hydrogen) atoms. The maximum absolute atomic E-state index is 11.8. The van der Waals surface area contributed by atoms with E-state index in [9.17, 15) is 18.0 Å². The van der Waals surface area contributed by atoms with E-state index in [-0.39, 0.29) is 9.39 Å². The minimum Gasteiger partial charge on any atom is -0.302 e. The Morgan fingerprint density at radius 1 is 1.54 bits per heavy atom. The van der Waals surface area contributed by atoms with Crippen LogP contribution in [0.15, 0.2) is 11.0 Å². The summed E-state index contributed by atoms with van der Waals surface area (Å²) in [5, 5.41) is 0. The highest BCUT2D eigenvalue weighted by Crippen LogP contribution is 2.18. The third-order valence-electron chi connectivity index (χ3n) is 1.23. The summed E-state index contributed by atoms with van der Waals surface area (Å²) in [7, 11) is 0. The quantitative estimate of drug-likeness (QED) is 0.631. The minimum atomic E-state index is -4.37. The molecule has 1 N–H and O–H groups in total.